The van der Waals surface area contributed by atoms with Crippen molar-refractivity contribution in [1.29, 1.82) is 0 Å². The van der Waals surface area contributed by atoms with Crippen LogP contribution in [0.4, 0.5) is 0 Å². The zero-order chi connectivity index (χ0) is 22.5. The average Bonchev–Trinajstić information content (AvgIpc) is 3.10. The Balaban J connectivity index is 2.06. The van der Waals surface area contributed by atoms with Gasteiger partial charge in [0.05, 0.1) is 27.8 Å². The van der Waals surface area contributed by atoms with Crippen LogP contribution in [0.25, 0.3) is 10.2 Å². The molecule has 0 radical (unpaired) electrons. The number of carbonyl (C=O) groups is 2. The zero-order valence-corrected chi connectivity index (χ0v) is 19.1. The van der Waals surface area contributed by atoms with E-state index in [9.17, 15) is 9.59 Å². The van der Waals surface area contributed by atoms with Crippen molar-refractivity contribution in [3.05, 3.63) is 52.3 Å². The lowest BCUT2D eigenvalue weighted by Gasteiger charge is -2.09. The number of rotatable bonds is 7. The highest BCUT2D eigenvalue weighted by molar-refractivity contribution is 7.16. The number of aromatic nitrogens is 1. The second-order valence-corrected chi connectivity index (χ2v) is 8.25. The maximum absolute atomic E-state index is 12.7. The molecule has 0 spiro atoms. The van der Waals surface area contributed by atoms with Crippen LogP contribution in [-0.2, 0) is 27.3 Å². The summed E-state index contributed by atoms with van der Waals surface area (Å²) in [7, 11) is 4.43. The van der Waals surface area contributed by atoms with Gasteiger partial charge in [-0.15, -0.1) is 0 Å². The van der Waals surface area contributed by atoms with Gasteiger partial charge in [0, 0.05) is 0 Å². The summed E-state index contributed by atoms with van der Waals surface area (Å²) in [6.07, 6.45) is 0.166. The maximum atomic E-state index is 12.7. The minimum atomic E-state index is -0.456. The lowest BCUT2D eigenvalue weighted by Crippen LogP contribution is -2.23. The van der Waals surface area contributed by atoms with Crippen LogP contribution in [0.1, 0.15) is 30.9 Å². The van der Waals surface area contributed by atoms with E-state index in [1.54, 1.807) is 30.9 Å². The molecule has 0 bridgehead atoms. The van der Waals surface area contributed by atoms with Crippen molar-refractivity contribution in [1.82, 2.24) is 4.57 Å². The molecule has 164 valence electrons. The first-order valence-electron chi connectivity index (χ1n) is 9.85. The second kappa shape index (κ2) is 9.78. The third kappa shape index (κ3) is 4.96. The minimum absolute atomic E-state index is 0.102. The van der Waals surface area contributed by atoms with E-state index in [4.69, 9.17) is 14.2 Å². The lowest BCUT2D eigenvalue weighted by molar-refractivity contribution is -0.141. The maximum Gasteiger partial charge on any atom is 0.325 e. The van der Waals surface area contributed by atoms with Crippen LogP contribution in [0.5, 0.6) is 11.5 Å². The van der Waals surface area contributed by atoms with Crippen LogP contribution in [0.15, 0.2) is 41.4 Å². The van der Waals surface area contributed by atoms with E-state index in [1.807, 2.05) is 24.3 Å². The van der Waals surface area contributed by atoms with Crippen molar-refractivity contribution in [2.45, 2.75) is 32.7 Å². The molecule has 3 rings (SSSR count). The van der Waals surface area contributed by atoms with Gasteiger partial charge in [-0.05, 0) is 29.2 Å². The predicted octanol–water partition coefficient (Wildman–Crippen LogP) is 3.69. The summed E-state index contributed by atoms with van der Waals surface area (Å²) in [5, 5.41) is 0. The summed E-state index contributed by atoms with van der Waals surface area (Å²) in [4.78, 5) is 29.5. The van der Waals surface area contributed by atoms with Gasteiger partial charge in [0.2, 0.25) is 0 Å². The molecule has 1 amide bonds. The van der Waals surface area contributed by atoms with Gasteiger partial charge in [0.1, 0.15) is 28.3 Å². The predicted molar refractivity (Wildman–Crippen MR) is 120 cm³/mol. The van der Waals surface area contributed by atoms with Crippen LogP contribution >= 0.6 is 11.3 Å². The molecule has 3 aromatic rings. The van der Waals surface area contributed by atoms with Gasteiger partial charge in [-0.2, -0.15) is 4.99 Å². The van der Waals surface area contributed by atoms with Gasteiger partial charge in [0.15, 0.2) is 4.80 Å². The highest BCUT2D eigenvalue weighted by atomic mass is 32.1. The van der Waals surface area contributed by atoms with Crippen molar-refractivity contribution in [3.8, 4) is 11.5 Å². The molecule has 1 aromatic heterocycles. The Bertz CT molecular complexity index is 1160. The van der Waals surface area contributed by atoms with Gasteiger partial charge in [-0.1, -0.05) is 49.4 Å². The molecular formula is C23H26N2O5S. The van der Waals surface area contributed by atoms with Crippen molar-refractivity contribution in [3.63, 3.8) is 0 Å². The lowest BCUT2D eigenvalue weighted by atomic mass is 10.0. The zero-order valence-electron chi connectivity index (χ0n) is 18.3. The summed E-state index contributed by atoms with van der Waals surface area (Å²) < 4.78 is 18.1. The number of fused-ring (bicyclic) bond motifs is 1. The van der Waals surface area contributed by atoms with Crippen molar-refractivity contribution in [2.24, 2.45) is 4.99 Å². The Morgan fingerprint density at radius 2 is 1.65 bits per heavy atom. The number of hydrogen-bond donors (Lipinski definition) is 0. The summed E-state index contributed by atoms with van der Waals surface area (Å²) >= 11 is 1.27. The van der Waals surface area contributed by atoms with Gasteiger partial charge >= 0.3 is 5.97 Å². The van der Waals surface area contributed by atoms with Gasteiger partial charge in [-0.25, -0.2) is 0 Å². The largest absolute Gasteiger partial charge is 0.495 e. The number of hydrogen-bond acceptors (Lipinski definition) is 6. The molecule has 0 N–H and O–H groups in total. The Morgan fingerprint density at radius 1 is 1.00 bits per heavy atom. The van der Waals surface area contributed by atoms with E-state index in [0.717, 1.165) is 10.3 Å². The molecule has 2 aromatic carbocycles. The molecule has 7 nitrogen and oxygen atoms in total. The molecule has 0 aliphatic heterocycles. The Hall–Kier alpha value is -3.13. The van der Waals surface area contributed by atoms with Crippen LogP contribution in [-0.4, -0.2) is 37.8 Å². The van der Waals surface area contributed by atoms with Crippen molar-refractivity contribution in [2.75, 3.05) is 21.3 Å². The molecule has 31 heavy (non-hydrogen) atoms. The molecule has 1 heterocycles. The van der Waals surface area contributed by atoms with E-state index < -0.39 is 5.97 Å². The fraction of sp³-hybridized carbons (Fsp3) is 0.348. The van der Waals surface area contributed by atoms with Crippen LogP contribution in [0.3, 0.4) is 0 Å². The summed E-state index contributed by atoms with van der Waals surface area (Å²) in [6, 6.07) is 11.5. The number of benzene rings is 2. The first-order chi connectivity index (χ1) is 14.9. The molecule has 0 aliphatic rings. The number of amides is 1. The smallest absolute Gasteiger partial charge is 0.325 e. The highest BCUT2D eigenvalue weighted by Gasteiger charge is 2.18. The third-order valence-corrected chi connectivity index (χ3v) is 6.02. The summed E-state index contributed by atoms with van der Waals surface area (Å²) in [5.74, 6) is 0.824. The fourth-order valence-corrected chi connectivity index (χ4v) is 4.38. The topological polar surface area (TPSA) is 79.1 Å². The van der Waals surface area contributed by atoms with E-state index in [0.29, 0.717) is 27.7 Å². The molecule has 8 heteroatoms. The second-order valence-electron chi connectivity index (χ2n) is 7.27. The molecule has 0 saturated carbocycles. The van der Waals surface area contributed by atoms with Crippen molar-refractivity contribution < 1.29 is 23.8 Å². The van der Waals surface area contributed by atoms with Crippen LogP contribution in [0, 0.1) is 0 Å². The van der Waals surface area contributed by atoms with Crippen LogP contribution < -0.4 is 14.3 Å². The Morgan fingerprint density at radius 3 is 2.23 bits per heavy atom. The van der Waals surface area contributed by atoms with Gasteiger partial charge in [-0.3, -0.25) is 9.59 Å². The Kier molecular flexibility index (Phi) is 7.12. The monoisotopic (exact) mass is 442 g/mol. The number of carbonyl (C=O) groups excluding carboxylic acids is 2. The molecule has 0 aliphatic carbocycles. The average molecular weight is 443 g/mol. The normalized spacial score (nSPS) is 11.7. The molecule has 0 atom stereocenters. The SMILES string of the molecule is COC(=O)Cn1c(=NC(=O)Cc2ccc(C(C)C)cc2)sc2c(OC)ccc(OC)c21. The standard InChI is InChI=1S/C23H26N2O5S/c1-14(2)16-8-6-15(7-9-16)12-19(26)24-23-25(13-20(27)30-5)21-17(28-3)10-11-18(29-4)22(21)31-23/h6-11,14H,12-13H2,1-5H3. The first-order valence-corrected chi connectivity index (χ1v) is 10.7. The number of nitrogens with zero attached hydrogens (tertiary/aromatic N) is 2. The van der Waals surface area contributed by atoms with Gasteiger partial charge in [0.25, 0.3) is 5.91 Å². The van der Waals surface area contributed by atoms with Crippen LogP contribution in [0.2, 0.25) is 0 Å². The third-order valence-electron chi connectivity index (χ3n) is 4.93. The summed E-state index contributed by atoms with van der Waals surface area (Å²) in [6.45, 7) is 4.15. The number of esters is 1. The Labute approximate surface area is 184 Å². The fourth-order valence-electron chi connectivity index (χ4n) is 3.22. The van der Waals surface area contributed by atoms with E-state index in [-0.39, 0.29) is 18.9 Å². The quantitative estimate of drug-likeness (QED) is 0.522. The first kappa shape index (κ1) is 22.6. The highest BCUT2D eigenvalue weighted by Crippen LogP contribution is 2.35. The van der Waals surface area contributed by atoms with Crippen molar-refractivity contribution >= 4 is 33.4 Å². The molecular weight excluding hydrogens is 416 g/mol. The number of thiazole rings is 1. The van der Waals surface area contributed by atoms with E-state index in [1.165, 1.54) is 24.0 Å². The minimum Gasteiger partial charge on any atom is -0.495 e. The number of ether oxygens (including phenoxy) is 3. The molecule has 0 unspecified atom stereocenters. The molecule has 0 fully saturated rings. The number of methoxy groups -OCH3 is 3. The van der Waals surface area contributed by atoms with E-state index in [2.05, 4.69) is 18.8 Å². The molecule has 0 saturated heterocycles. The summed E-state index contributed by atoms with van der Waals surface area (Å²) in [5.41, 5.74) is 2.73. The van der Waals surface area contributed by atoms with Gasteiger partial charge < -0.3 is 18.8 Å². The van der Waals surface area contributed by atoms with E-state index >= 15 is 0 Å².